The van der Waals surface area contributed by atoms with Gasteiger partial charge >= 0.3 is 0 Å². The standard InChI is InChI=1S/C12H13N3O3S/c1-7-6-19-12(13-7)14-11(17)8-4-9(16)10(18-3)5-15(8)2/h4-6H,1-3H3,(H,13,14,17). The summed E-state index contributed by atoms with van der Waals surface area (Å²) < 4.78 is 6.44. The summed E-state index contributed by atoms with van der Waals surface area (Å²) in [5, 5.41) is 4.99. The molecule has 0 bridgehead atoms. The van der Waals surface area contributed by atoms with Gasteiger partial charge in [-0.1, -0.05) is 0 Å². The molecule has 100 valence electrons. The molecule has 1 amide bonds. The molecule has 2 aromatic heterocycles. The van der Waals surface area contributed by atoms with Gasteiger partial charge in [0.2, 0.25) is 5.43 Å². The Balaban J connectivity index is 2.29. The van der Waals surface area contributed by atoms with Crippen molar-refractivity contribution in [3.63, 3.8) is 0 Å². The number of hydrogen-bond donors (Lipinski definition) is 1. The molecule has 0 aromatic carbocycles. The first-order valence-electron chi connectivity index (χ1n) is 5.49. The molecular weight excluding hydrogens is 266 g/mol. The summed E-state index contributed by atoms with van der Waals surface area (Å²) in [5.74, 6) is -0.180. The Morgan fingerprint density at radius 3 is 2.84 bits per heavy atom. The molecule has 0 unspecified atom stereocenters. The first-order chi connectivity index (χ1) is 9.01. The number of carbonyl (C=O) groups is 1. The molecule has 0 radical (unpaired) electrons. The summed E-state index contributed by atoms with van der Waals surface area (Å²) in [6.07, 6.45) is 1.48. The van der Waals surface area contributed by atoms with Crippen molar-refractivity contribution in [2.45, 2.75) is 6.92 Å². The average molecular weight is 279 g/mol. The van der Waals surface area contributed by atoms with E-state index in [4.69, 9.17) is 4.74 Å². The summed E-state index contributed by atoms with van der Waals surface area (Å²) in [6, 6.07) is 1.24. The molecule has 0 atom stereocenters. The maximum Gasteiger partial charge on any atom is 0.274 e. The number of aromatic nitrogens is 2. The van der Waals surface area contributed by atoms with Gasteiger partial charge in [0.05, 0.1) is 19.0 Å². The van der Waals surface area contributed by atoms with E-state index in [1.54, 1.807) is 7.05 Å². The van der Waals surface area contributed by atoms with Crippen molar-refractivity contribution in [2.24, 2.45) is 7.05 Å². The summed E-state index contributed by atoms with van der Waals surface area (Å²) >= 11 is 1.34. The summed E-state index contributed by atoms with van der Waals surface area (Å²) in [6.45, 7) is 1.84. The highest BCUT2D eigenvalue weighted by Gasteiger charge is 2.13. The topological polar surface area (TPSA) is 73.2 Å². The van der Waals surface area contributed by atoms with E-state index in [0.29, 0.717) is 5.13 Å². The van der Waals surface area contributed by atoms with E-state index in [-0.39, 0.29) is 22.8 Å². The van der Waals surface area contributed by atoms with Crippen LogP contribution in [-0.4, -0.2) is 22.6 Å². The molecule has 0 aliphatic rings. The molecule has 2 aromatic rings. The second kappa shape index (κ2) is 5.23. The van der Waals surface area contributed by atoms with Gasteiger partial charge < -0.3 is 9.30 Å². The fourth-order valence-corrected chi connectivity index (χ4v) is 2.24. The lowest BCUT2D eigenvalue weighted by molar-refractivity contribution is 0.101. The third-order valence-corrected chi connectivity index (χ3v) is 3.37. The Bertz CT molecular complexity index is 675. The van der Waals surface area contributed by atoms with Crippen molar-refractivity contribution >= 4 is 22.4 Å². The van der Waals surface area contributed by atoms with Gasteiger partial charge in [-0.15, -0.1) is 11.3 Å². The molecule has 2 heterocycles. The number of nitrogens with zero attached hydrogens (tertiary/aromatic N) is 2. The number of nitrogens with one attached hydrogen (secondary N) is 1. The number of ether oxygens (including phenoxy) is 1. The minimum Gasteiger partial charge on any atom is -0.491 e. The summed E-state index contributed by atoms with van der Waals surface area (Å²) in [5.41, 5.74) is 0.753. The fourth-order valence-electron chi connectivity index (χ4n) is 1.56. The number of hydrogen-bond acceptors (Lipinski definition) is 5. The Hall–Kier alpha value is -2.15. The largest absolute Gasteiger partial charge is 0.491 e. The van der Waals surface area contributed by atoms with Gasteiger partial charge in [-0.2, -0.15) is 0 Å². The van der Waals surface area contributed by atoms with E-state index >= 15 is 0 Å². The van der Waals surface area contributed by atoms with E-state index in [9.17, 15) is 9.59 Å². The maximum absolute atomic E-state index is 12.1. The average Bonchev–Trinajstić information content (AvgIpc) is 2.77. The quantitative estimate of drug-likeness (QED) is 0.922. The molecule has 0 saturated carbocycles. The molecule has 0 saturated heterocycles. The number of anilines is 1. The van der Waals surface area contributed by atoms with Crippen LogP contribution in [0.2, 0.25) is 0 Å². The van der Waals surface area contributed by atoms with Crippen molar-refractivity contribution in [1.29, 1.82) is 0 Å². The molecule has 0 fully saturated rings. The number of pyridine rings is 1. The van der Waals surface area contributed by atoms with Crippen molar-refractivity contribution < 1.29 is 9.53 Å². The van der Waals surface area contributed by atoms with Gasteiger partial charge in [0.25, 0.3) is 5.91 Å². The monoisotopic (exact) mass is 279 g/mol. The molecule has 0 aliphatic heterocycles. The van der Waals surface area contributed by atoms with Crippen molar-refractivity contribution in [3.8, 4) is 5.75 Å². The lowest BCUT2D eigenvalue weighted by atomic mass is 10.3. The predicted octanol–water partition coefficient (Wildman–Crippen LogP) is 1.41. The minimum atomic E-state index is -0.378. The molecule has 0 spiro atoms. The smallest absolute Gasteiger partial charge is 0.274 e. The molecule has 7 heteroatoms. The minimum absolute atomic E-state index is 0.198. The molecular formula is C12H13N3O3S. The third-order valence-electron chi connectivity index (χ3n) is 2.49. The van der Waals surface area contributed by atoms with E-state index in [2.05, 4.69) is 10.3 Å². The van der Waals surface area contributed by atoms with Crippen LogP contribution in [-0.2, 0) is 7.05 Å². The van der Waals surface area contributed by atoms with Crippen molar-refractivity contribution in [3.05, 3.63) is 39.3 Å². The van der Waals surface area contributed by atoms with Gasteiger partial charge in [-0.25, -0.2) is 4.98 Å². The van der Waals surface area contributed by atoms with Crippen LogP contribution in [0.3, 0.4) is 0 Å². The van der Waals surface area contributed by atoms with Crippen LogP contribution >= 0.6 is 11.3 Å². The van der Waals surface area contributed by atoms with Crippen LogP contribution in [0.4, 0.5) is 5.13 Å². The Kier molecular flexibility index (Phi) is 3.66. The zero-order chi connectivity index (χ0) is 14.0. The summed E-state index contributed by atoms with van der Waals surface area (Å²) in [7, 11) is 3.08. The second-order valence-corrected chi connectivity index (χ2v) is 4.81. The Morgan fingerprint density at radius 2 is 2.26 bits per heavy atom. The zero-order valence-electron chi connectivity index (χ0n) is 10.8. The number of amides is 1. The van der Waals surface area contributed by atoms with Crippen LogP contribution in [0.15, 0.2) is 22.4 Å². The lowest BCUT2D eigenvalue weighted by Crippen LogP contribution is -2.21. The first-order valence-corrected chi connectivity index (χ1v) is 6.37. The maximum atomic E-state index is 12.1. The third kappa shape index (κ3) is 2.82. The molecule has 6 nitrogen and oxygen atoms in total. The van der Waals surface area contributed by atoms with E-state index in [0.717, 1.165) is 5.69 Å². The normalized spacial score (nSPS) is 10.3. The predicted molar refractivity (Wildman–Crippen MR) is 73.0 cm³/mol. The highest BCUT2D eigenvalue weighted by molar-refractivity contribution is 7.13. The van der Waals surface area contributed by atoms with Gasteiger partial charge in [-0.3, -0.25) is 14.9 Å². The summed E-state index contributed by atoms with van der Waals surface area (Å²) in [4.78, 5) is 27.8. The zero-order valence-corrected chi connectivity index (χ0v) is 11.6. The number of rotatable bonds is 3. The number of carbonyl (C=O) groups excluding carboxylic acids is 1. The molecule has 0 aliphatic carbocycles. The Morgan fingerprint density at radius 1 is 1.53 bits per heavy atom. The van der Waals surface area contributed by atoms with E-state index in [1.165, 1.54) is 35.3 Å². The SMILES string of the molecule is COc1cn(C)c(C(=O)Nc2nc(C)cs2)cc1=O. The number of thiazole rings is 1. The van der Waals surface area contributed by atoms with Crippen molar-refractivity contribution in [1.82, 2.24) is 9.55 Å². The van der Waals surface area contributed by atoms with Crippen LogP contribution in [0.25, 0.3) is 0 Å². The molecule has 19 heavy (non-hydrogen) atoms. The van der Waals surface area contributed by atoms with E-state index < -0.39 is 0 Å². The fraction of sp³-hybridized carbons (Fsp3) is 0.250. The highest BCUT2D eigenvalue weighted by Crippen LogP contribution is 2.15. The van der Waals surface area contributed by atoms with Crippen LogP contribution < -0.4 is 15.5 Å². The van der Waals surface area contributed by atoms with Gasteiger partial charge in [-0.05, 0) is 6.92 Å². The highest BCUT2D eigenvalue weighted by atomic mass is 32.1. The molecule has 1 N–H and O–H groups in total. The van der Waals surface area contributed by atoms with E-state index in [1.807, 2.05) is 12.3 Å². The van der Waals surface area contributed by atoms with Crippen LogP contribution in [0.1, 0.15) is 16.2 Å². The number of aryl methyl sites for hydroxylation is 2. The van der Waals surface area contributed by atoms with Crippen molar-refractivity contribution in [2.75, 3.05) is 12.4 Å². The van der Waals surface area contributed by atoms with Crippen LogP contribution in [0, 0.1) is 6.92 Å². The number of methoxy groups -OCH3 is 1. The second-order valence-electron chi connectivity index (χ2n) is 3.95. The first kappa shape index (κ1) is 13.3. The Labute approximate surface area is 113 Å². The van der Waals surface area contributed by atoms with Gasteiger partial charge in [0.15, 0.2) is 10.9 Å². The van der Waals surface area contributed by atoms with Gasteiger partial charge in [0, 0.05) is 18.5 Å². The molecule has 2 rings (SSSR count). The van der Waals surface area contributed by atoms with Gasteiger partial charge in [0.1, 0.15) is 5.69 Å². The van der Waals surface area contributed by atoms with Crippen LogP contribution in [0.5, 0.6) is 5.75 Å². The lowest BCUT2D eigenvalue weighted by Gasteiger charge is -2.09.